The first kappa shape index (κ1) is 19.9. The molecule has 0 unspecified atom stereocenters. The number of rotatable bonds is 7. The predicted molar refractivity (Wildman–Crippen MR) is 108 cm³/mol. The maximum atomic E-state index is 12.3. The molecule has 0 saturated carbocycles. The number of hydrogen-bond donors (Lipinski definition) is 3. The summed E-state index contributed by atoms with van der Waals surface area (Å²) in [5.41, 5.74) is 2.53. The number of piperidine rings is 1. The lowest BCUT2D eigenvalue weighted by Gasteiger charge is -2.23. The molecule has 148 valence electrons. The Morgan fingerprint density at radius 3 is 2.43 bits per heavy atom. The maximum Gasteiger partial charge on any atom is 0.251 e. The molecule has 2 aromatic rings. The van der Waals surface area contributed by atoms with Gasteiger partial charge in [0.2, 0.25) is 5.91 Å². The van der Waals surface area contributed by atoms with Gasteiger partial charge in [-0.2, -0.15) is 0 Å². The van der Waals surface area contributed by atoms with Crippen LogP contribution in [0.2, 0.25) is 0 Å². The van der Waals surface area contributed by atoms with E-state index in [1.165, 1.54) is 0 Å². The summed E-state index contributed by atoms with van der Waals surface area (Å²) in [6.45, 7) is 2.28. The van der Waals surface area contributed by atoms with Gasteiger partial charge in [-0.25, -0.2) is 0 Å². The Morgan fingerprint density at radius 2 is 1.79 bits per heavy atom. The topological polar surface area (TPSA) is 79.5 Å². The second-order valence-corrected chi connectivity index (χ2v) is 7.02. The number of methoxy groups -OCH3 is 1. The van der Waals surface area contributed by atoms with Gasteiger partial charge in [0, 0.05) is 24.7 Å². The van der Waals surface area contributed by atoms with Gasteiger partial charge in [0.05, 0.1) is 13.5 Å². The molecule has 2 aromatic carbocycles. The number of ether oxygens (including phenoxy) is 1. The Hall–Kier alpha value is -2.86. The highest BCUT2D eigenvalue weighted by atomic mass is 16.5. The number of amides is 2. The van der Waals surface area contributed by atoms with Crippen molar-refractivity contribution >= 4 is 11.8 Å². The molecule has 3 rings (SSSR count). The van der Waals surface area contributed by atoms with E-state index in [1.807, 2.05) is 36.4 Å². The zero-order valence-electron chi connectivity index (χ0n) is 16.2. The van der Waals surface area contributed by atoms with Gasteiger partial charge < -0.3 is 20.7 Å². The van der Waals surface area contributed by atoms with Crippen LogP contribution in [0, 0.1) is 0 Å². The van der Waals surface area contributed by atoms with Crippen molar-refractivity contribution in [2.24, 2.45) is 0 Å². The first-order valence-electron chi connectivity index (χ1n) is 9.64. The van der Waals surface area contributed by atoms with Crippen molar-refractivity contribution in [3.63, 3.8) is 0 Å². The highest BCUT2D eigenvalue weighted by Gasteiger charge is 2.16. The van der Waals surface area contributed by atoms with Crippen LogP contribution >= 0.6 is 0 Å². The largest absolute Gasteiger partial charge is 0.497 e. The second-order valence-electron chi connectivity index (χ2n) is 7.02. The molecule has 2 amide bonds. The van der Waals surface area contributed by atoms with Crippen LogP contribution in [-0.4, -0.2) is 38.1 Å². The minimum atomic E-state index is -0.0520. The van der Waals surface area contributed by atoms with E-state index in [-0.39, 0.29) is 17.9 Å². The smallest absolute Gasteiger partial charge is 0.251 e. The average molecular weight is 381 g/mol. The number of hydrogen-bond acceptors (Lipinski definition) is 4. The predicted octanol–water partition coefficient (Wildman–Crippen LogP) is 2.04. The lowest BCUT2D eigenvalue weighted by atomic mass is 10.1. The molecule has 0 aliphatic carbocycles. The van der Waals surface area contributed by atoms with Crippen LogP contribution in [0.3, 0.4) is 0 Å². The van der Waals surface area contributed by atoms with E-state index >= 15 is 0 Å². The number of carbonyl (C=O) groups excluding carboxylic acids is 2. The van der Waals surface area contributed by atoms with Gasteiger partial charge in [-0.15, -0.1) is 0 Å². The molecule has 6 heteroatoms. The standard InChI is InChI=1S/C22H27N3O3/c1-28-20-10-6-16(7-11-20)13-21(26)24-14-17-4-8-18(9-5-17)22(27)25-19-3-2-12-23-15-19/h4-11,19,23H,2-3,12-15H2,1H3,(H,24,26)(H,25,27)/t19-/m0/s1. The molecule has 1 aliphatic rings. The van der Waals surface area contributed by atoms with Gasteiger partial charge in [0.15, 0.2) is 0 Å². The van der Waals surface area contributed by atoms with E-state index in [0.29, 0.717) is 18.5 Å². The minimum Gasteiger partial charge on any atom is -0.497 e. The average Bonchev–Trinajstić information content (AvgIpc) is 2.74. The zero-order valence-corrected chi connectivity index (χ0v) is 16.2. The molecule has 1 heterocycles. The summed E-state index contributed by atoms with van der Waals surface area (Å²) in [5, 5.41) is 9.26. The summed E-state index contributed by atoms with van der Waals surface area (Å²) in [6, 6.07) is 15.0. The summed E-state index contributed by atoms with van der Waals surface area (Å²) in [5.74, 6) is 0.675. The summed E-state index contributed by atoms with van der Waals surface area (Å²) in [6.07, 6.45) is 2.41. The summed E-state index contributed by atoms with van der Waals surface area (Å²) < 4.78 is 5.12. The first-order valence-corrected chi connectivity index (χ1v) is 9.64. The van der Waals surface area contributed by atoms with E-state index in [9.17, 15) is 9.59 Å². The van der Waals surface area contributed by atoms with Crippen molar-refractivity contribution in [3.8, 4) is 5.75 Å². The van der Waals surface area contributed by atoms with Gasteiger partial charge in [0.1, 0.15) is 5.75 Å². The second kappa shape index (κ2) is 9.90. The van der Waals surface area contributed by atoms with E-state index in [2.05, 4.69) is 16.0 Å². The molecular weight excluding hydrogens is 354 g/mol. The van der Waals surface area contributed by atoms with Gasteiger partial charge in [0.25, 0.3) is 5.91 Å². The summed E-state index contributed by atoms with van der Waals surface area (Å²) in [4.78, 5) is 24.4. The first-order chi connectivity index (χ1) is 13.6. The fourth-order valence-electron chi connectivity index (χ4n) is 3.21. The molecule has 1 aliphatic heterocycles. The van der Waals surface area contributed by atoms with Crippen LogP contribution in [0.5, 0.6) is 5.75 Å². The molecule has 1 atom stereocenters. The molecule has 0 aromatic heterocycles. The Balaban J connectivity index is 1.45. The third-order valence-electron chi connectivity index (χ3n) is 4.86. The highest BCUT2D eigenvalue weighted by molar-refractivity contribution is 5.94. The van der Waals surface area contributed by atoms with Crippen molar-refractivity contribution < 1.29 is 14.3 Å². The van der Waals surface area contributed by atoms with Gasteiger partial charge >= 0.3 is 0 Å². The SMILES string of the molecule is COc1ccc(CC(=O)NCc2ccc(C(=O)N[C@H]3CCCNC3)cc2)cc1. The quantitative estimate of drug-likeness (QED) is 0.686. The van der Waals surface area contributed by atoms with Crippen LogP contribution in [0.25, 0.3) is 0 Å². The van der Waals surface area contributed by atoms with Crippen LogP contribution in [0.15, 0.2) is 48.5 Å². The highest BCUT2D eigenvalue weighted by Crippen LogP contribution is 2.12. The van der Waals surface area contributed by atoms with Gasteiger partial charge in [-0.05, 0) is 54.8 Å². The van der Waals surface area contributed by atoms with Gasteiger partial charge in [-0.3, -0.25) is 9.59 Å². The number of benzene rings is 2. The Bertz CT molecular complexity index is 782. The van der Waals surface area contributed by atoms with Crippen molar-refractivity contribution in [2.45, 2.75) is 31.8 Å². The van der Waals surface area contributed by atoms with Crippen LogP contribution < -0.4 is 20.7 Å². The third-order valence-corrected chi connectivity index (χ3v) is 4.86. The van der Waals surface area contributed by atoms with Crippen LogP contribution in [0.1, 0.15) is 34.3 Å². The monoisotopic (exact) mass is 381 g/mol. The lowest BCUT2D eigenvalue weighted by molar-refractivity contribution is -0.120. The molecule has 1 saturated heterocycles. The van der Waals surface area contributed by atoms with Gasteiger partial charge in [-0.1, -0.05) is 24.3 Å². The van der Waals surface area contributed by atoms with E-state index in [4.69, 9.17) is 4.74 Å². The Labute approximate surface area is 165 Å². The Morgan fingerprint density at radius 1 is 1.07 bits per heavy atom. The normalized spacial score (nSPS) is 16.2. The molecule has 28 heavy (non-hydrogen) atoms. The minimum absolute atomic E-state index is 0.0446. The fraction of sp³-hybridized carbons (Fsp3) is 0.364. The van der Waals surface area contributed by atoms with E-state index in [0.717, 1.165) is 42.8 Å². The number of nitrogens with one attached hydrogen (secondary N) is 3. The molecule has 6 nitrogen and oxygen atoms in total. The molecule has 0 radical (unpaired) electrons. The Kier molecular flexibility index (Phi) is 7.03. The summed E-state index contributed by atoms with van der Waals surface area (Å²) >= 11 is 0. The number of carbonyl (C=O) groups is 2. The molecule has 0 bridgehead atoms. The molecule has 3 N–H and O–H groups in total. The van der Waals surface area contributed by atoms with Crippen LogP contribution in [0.4, 0.5) is 0 Å². The van der Waals surface area contributed by atoms with Crippen molar-refractivity contribution in [1.82, 2.24) is 16.0 Å². The van der Waals surface area contributed by atoms with Crippen LogP contribution in [-0.2, 0) is 17.8 Å². The fourth-order valence-corrected chi connectivity index (χ4v) is 3.21. The molecular formula is C22H27N3O3. The maximum absolute atomic E-state index is 12.3. The van der Waals surface area contributed by atoms with E-state index < -0.39 is 0 Å². The van der Waals surface area contributed by atoms with Crippen molar-refractivity contribution in [1.29, 1.82) is 0 Å². The summed E-state index contributed by atoms with van der Waals surface area (Å²) in [7, 11) is 1.61. The molecule has 0 spiro atoms. The third kappa shape index (κ3) is 5.82. The van der Waals surface area contributed by atoms with E-state index in [1.54, 1.807) is 19.2 Å². The van der Waals surface area contributed by atoms with Crippen molar-refractivity contribution in [3.05, 3.63) is 65.2 Å². The zero-order chi connectivity index (χ0) is 19.8. The molecule has 1 fully saturated rings. The lowest BCUT2D eigenvalue weighted by Crippen LogP contribution is -2.45. The van der Waals surface area contributed by atoms with Crippen molar-refractivity contribution in [2.75, 3.05) is 20.2 Å².